The van der Waals surface area contributed by atoms with E-state index in [0.29, 0.717) is 11.3 Å². The van der Waals surface area contributed by atoms with Gasteiger partial charge in [-0.2, -0.15) is 0 Å². The van der Waals surface area contributed by atoms with Crippen molar-refractivity contribution in [2.45, 2.75) is 43.9 Å². The van der Waals surface area contributed by atoms with Crippen LogP contribution in [0.15, 0.2) is 60.7 Å². The number of rotatable bonds is 2. The largest absolute Gasteiger partial charge is 0.0622 e. The van der Waals surface area contributed by atoms with Crippen LogP contribution in [0.2, 0.25) is 0 Å². The Balaban J connectivity index is 2.02. The standard InChI is InChI=1S/C19H22/c1-19(17-12-6-3-7-13-17)15-9-8-14-18(19)16-10-4-2-5-11-16/h2-7,10-13,18H,8-9,14-15H2,1H3. The van der Waals surface area contributed by atoms with E-state index in [1.807, 2.05) is 0 Å². The first kappa shape index (κ1) is 12.5. The van der Waals surface area contributed by atoms with Crippen LogP contribution >= 0.6 is 0 Å². The SMILES string of the molecule is CC1(c2ccccc2)CCCCC1c1ccccc1. The smallest absolute Gasteiger partial charge is 0.000666 e. The van der Waals surface area contributed by atoms with Gasteiger partial charge >= 0.3 is 0 Å². The van der Waals surface area contributed by atoms with E-state index in [9.17, 15) is 0 Å². The molecule has 3 rings (SSSR count). The Morgan fingerprint density at radius 3 is 2.16 bits per heavy atom. The molecule has 0 aromatic heterocycles. The first-order valence-electron chi connectivity index (χ1n) is 7.41. The highest BCUT2D eigenvalue weighted by atomic mass is 14.4. The second kappa shape index (κ2) is 5.21. The van der Waals surface area contributed by atoms with Crippen molar-refractivity contribution in [2.24, 2.45) is 0 Å². The number of benzene rings is 2. The maximum Gasteiger partial charge on any atom is -0.000666 e. The third-order valence-corrected chi connectivity index (χ3v) is 4.84. The molecule has 1 aliphatic carbocycles. The zero-order valence-electron chi connectivity index (χ0n) is 11.7. The molecule has 0 heteroatoms. The predicted molar refractivity (Wildman–Crippen MR) is 81.4 cm³/mol. The van der Waals surface area contributed by atoms with E-state index < -0.39 is 0 Å². The molecule has 1 saturated carbocycles. The van der Waals surface area contributed by atoms with Crippen LogP contribution in [0.5, 0.6) is 0 Å². The van der Waals surface area contributed by atoms with Gasteiger partial charge in [-0.25, -0.2) is 0 Å². The highest BCUT2D eigenvalue weighted by Gasteiger charge is 2.38. The lowest BCUT2D eigenvalue weighted by Crippen LogP contribution is -2.33. The molecule has 98 valence electrons. The summed E-state index contributed by atoms with van der Waals surface area (Å²) >= 11 is 0. The first-order valence-corrected chi connectivity index (χ1v) is 7.41. The van der Waals surface area contributed by atoms with Crippen LogP contribution in [0.4, 0.5) is 0 Å². The molecule has 0 radical (unpaired) electrons. The summed E-state index contributed by atoms with van der Waals surface area (Å²) in [6, 6.07) is 22.2. The summed E-state index contributed by atoms with van der Waals surface area (Å²) in [4.78, 5) is 0. The molecule has 2 aromatic rings. The Morgan fingerprint density at radius 2 is 1.47 bits per heavy atom. The van der Waals surface area contributed by atoms with Gasteiger partial charge in [-0.15, -0.1) is 0 Å². The zero-order chi connectivity index (χ0) is 13.1. The minimum atomic E-state index is 0.293. The monoisotopic (exact) mass is 250 g/mol. The van der Waals surface area contributed by atoms with Gasteiger partial charge in [0.2, 0.25) is 0 Å². The lowest BCUT2D eigenvalue weighted by molar-refractivity contribution is 0.270. The van der Waals surface area contributed by atoms with Crippen LogP contribution in [0.1, 0.15) is 49.7 Å². The van der Waals surface area contributed by atoms with E-state index in [2.05, 4.69) is 67.6 Å². The maximum absolute atomic E-state index is 2.46. The Bertz CT molecular complexity index is 514. The van der Waals surface area contributed by atoms with Crippen LogP contribution in [-0.4, -0.2) is 0 Å². The van der Waals surface area contributed by atoms with Gasteiger partial charge in [0.05, 0.1) is 0 Å². The topological polar surface area (TPSA) is 0 Å². The summed E-state index contributed by atoms with van der Waals surface area (Å²) < 4.78 is 0. The summed E-state index contributed by atoms with van der Waals surface area (Å²) in [5.41, 5.74) is 3.30. The lowest BCUT2D eigenvalue weighted by Gasteiger charge is -2.42. The highest BCUT2D eigenvalue weighted by molar-refractivity contribution is 5.33. The quantitative estimate of drug-likeness (QED) is 0.678. The fourth-order valence-corrected chi connectivity index (χ4v) is 3.72. The van der Waals surface area contributed by atoms with Crippen molar-refractivity contribution in [1.82, 2.24) is 0 Å². The molecule has 1 fully saturated rings. The van der Waals surface area contributed by atoms with Crippen molar-refractivity contribution in [3.05, 3.63) is 71.8 Å². The van der Waals surface area contributed by atoms with Crippen LogP contribution in [0.25, 0.3) is 0 Å². The molecular weight excluding hydrogens is 228 g/mol. The Hall–Kier alpha value is -1.56. The fraction of sp³-hybridized carbons (Fsp3) is 0.368. The van der Waals surface area contributed by atoms with Crippen molar-refractivity contribution in [3.63, 3.8) is 0 Å². The molecule has 0 bridgehead atoms. The van der Waals surface area contributed by atoms with Crippen LogP contribution in [0.3, 0.4) is 0 Å². The summed E-state index contributed by atoms with van der Waals surface area (Å²) in [5.74, 6) is 0.657. The van der Waals surface area contributed by atoms with Gasteiger partial charge in [-0.05, 0) is 35.3 Å². The normalized spacial score (nSPS) is 27.1. The predicted octanol–water partition coefficient (Wildman–Crippen LogP) is 5.30. The van der Waals surface area contributed by atoms with Gasteiger partial charge in [0.1, 0.15) is 0 Å². The second-order valence-corrected chi connectivity index (χ2v) is 5.99. The van der Waals surface area contributed by atoms with Crippen LogP contribution in [-0.2, 0) is 5.41 Å². The fourth-order valence-electron chi connectivity index (χ4n) is 3.72. The van der Waals surface area contributed by atoms with Gasteiger partial charge in [0.15, 0.2) is 0 Å². The molecular formula is C19H22. The number of hydrogen-bond acceptors (Lipinski definition) is 0. The molecule has 0 heterocycles. The zero-order valence-corrected chi connectivity index (χ0v) is 11.7. The molecule has 0 aliphatic heterocycles. The first-order chi connectivity index (χ1) is 9.31. The van der Waals surface area contributed by atoms with E-state index in [1.165, 1.54) is 36.8 Å². The summed E-state index contributed by atoms with van der Waals surface area (Å²) in [6.45, 7) is 2.46. The van der Waals surface area contributed by atoms with Gasteiger partial charge in [-0.3, -0.25) is 0 Å². The average molecular weight is 250 g/mol. The maximum atomic E-state index is 2.46. The van der Waals surface area contributed by atoms with Crippen molar-refractivity contribution < 1.29 is 0 Å². The van der Waals surface area contributed by atoms with Gasteiger partial charge < -0.3 is 0 Å². The Kier molecular flexibility index (Phi) is 3.42. The molecule has 2 unspecified atom stereocenters. The minimum Gasteiger partial charge on any atom is -0.0622 e. The second-order valence-electron chi connectivity index (χ2n) is 5.99. The molecule has 19 heavy (non-hydrogen) atoms. The van der Waals surface area contributed by atoms with Crippen molar-refractivity contribution in [1.29, 1.82) is 0 Å². The van der Waals surface area contributed by atoms with Gasteiger partial charge in [-0.1, -0.05) is 80.4 Å². The molecule has 0 spiro atoms. The van der Waals surface area contributed by atoms with Crippen molar-refractivity contribution in [2.75, 3.05) is 0 Å². The molecule has 0 saturated heterocycles. The third kappa shape index (κ3) is 2.32. The highest BCUT2D eigenvalue weighted by Crippen LogP contribution is 2.48. The third-order valence-electron chi connectivity index (χ3n) is 4.84. The molecule has 2 aromatic carbocycles. The number of hydrogen-bond donors (Lipinski definition) is 0. The molecule has 0 N–H and O–H groups in total. The minimum absolute atomic E-state index is 0.293. The van der Waals surface area contributed by atoms with Gasteiger partial charge in [0, 0.05) is 0 Å². The summed E-state index contributed by atoms with van der Waals surface area (Å²) in [7, 11) is 0. The molecule has 1 aliphatic rings. The summed E-state index contributed by atoms with van der Waals surface area (Å²) in [6.07, 6.45) is 5.34. The van der Waals surface area contributed by atoms with Crippen LogP contribution < -0.4 is 0 Å². The molecule has 0 amide bonds. The van der Waals surface area contributed by atoms with Gasteiger partial charge in [0.25, 0.3) is 0 Å². The average Bonchev–Trinajstić information content (AvgIpc) is 2.49. The van der Waals surface area contributed by atoms with Crippen molar-refractivity contribution in [3.8, 4) is 0 Å². The van der Waals surface area contributed by atoms with E-state index in [-0.39, 0.29) is 0 Å². The van der Waals surface area contributed by atoms with E-state index >= 15 is 0 Å². The summed E-state index contributed by atoms with van der Waals surface area (Å²) in [5, 5.41) is 0. The van der Waals surface area contributed by atoms with E-state index in [1.54, 1.807) is 0 Å². The van der Waals surface area contributed by atoms with E-state index in [4.69, 9.17) is 0 Å². The van der Waals surface area contributed by atoms with E-state index in [0.717, 1.165) is 0 Å². The van der Waals surface area contributed by atoms with Crippen molar-refractivity contribution >= 4 is 0 Å². The lowest BCUT2D eigenvalue weighted by atomic mass is 9.62. The molecule has 2 atom stereocenters. The molecule has 0 nitrogen and oxygen atoms in total. The Labute approximate surface area is 116 Å². The van der Waals surface area contributed by atoms with Crippen LogP contribution in [0, 0.1) is 0 Å². The Morgan fingerprint density at radius 1 is 0.842 bits per heavy atom.